The van der Waals surface area contributed by atoms with Gasteiger partial charge in [-0.15, -0.1) is 11.3 Å². The summed E-state index contributed by atoms with van der Waals surface area (Å²) in [5.41, 5.74) is 0. The van der Waals surface area contributed by atoms with E-state index in [2.05, 4.69) is 0 Å². The Bertz CT molecular complexity index is 1180. The zero-order valence-electron chi connectivity index (χ0n) is 22.4. The Morgan fingerprint density at radius 3 is 2.46 bits per heavy atom. The first-order valence-electron chi connectivity index (χ1n) is 13.5. The number of allylic oxidation sites excluding steroid dienone is 1. The number of hydrogen-bond donors (Lipinski definition) is 1. The Balaban J connectivity index is 1.43. The first kappa shape index (κ1) is 29.5. The standard InChI is InChI=1S/C28H38N2O7S2/c1-35-23-9-11-24(12-10-23)39(33,34)30(15-17-31)16-18-36-27-21-22(26-8-7-19-38-26)20-25(37-27)28(32)29-13-5-3-2-4-6-14-29/h7-12,19-20,22,27,31H,2-6,13-18,21H2,1H3/t22-,27+/m0/s1. The van der Waals surface area contributed by atoms with E-state index in [0.29, 0.717) is 31.0 Å². The van der Waals surface area contributed by atoms with E-state index in [0.717, 1.165) is 30.6 Å². The van der Waals surface area contributed by atoms with Gasteiger partial charge in [-0.3, -0.25) is 4.79 Å². The number of nitrogens with zero attached hydrogens (tertiary/aromatic N) is 2. The van der Waals surface area contributed by atoms with Crippen molar-refractivity contribution in [3.8, 4) is 5.75 Å². The van der Waals surface area contributed by atoms with Crippen LogP contribution in [0.25, 0.3) is 0 Å². The number of carbonyl (C=O) groups excluding carboxylic acids is 1. The second-order valence-electron chi connectivity index (χ2n) is 9.67. The molecule has 0 radical (unpaired) electrons. The van der Waals surface area contributed by atoms with Crippen molar-refractivity contribution in [3.63, 3.8) is 0 Å². The summed E-state index contributed by atoms with van der Waals surface area (Å²) in [7, 11) is -2.34. The monoisotopic (exact) mass is 578 g/mol. The summed E-state index contributed by atoms with van der Waals surface area (Å²) >= 11 is 1.62. The molecular formula is C28H38N2O7S2. The molecule has 9 nitrogen and oxygen atoms in total. The van der Waals surface area contributed by atoms with Gasteiger partial charge in [-0.05, 0) is 54.6 Å². The average molecular weight is 579 g/mol. The third kappa shape index (κ3) is 7.82. The molecule has 1 N–H and O–H groups in total. The third-order valence-corrected chi connectivity index (χ3v) is 9.93. The predicted molar refractivity (Wildman–Crippen MR) is 149 cm³/mol. The first-order valence-corrected chi connectivity index (χ1v) is 15.8. The lowest BCUT2D eigenvalue weighted by Gasteiger charge is -2.32. The van der Waals surface area contributed by atoms with E-state index < -0.39 is 16.3 Å². The fraction of sp³-hybridized carbons (Fsp3) is 0.536. The Hall–Kier alpha value is -2.44. The van der Waals surface area contributed by atoms with Gasteiger partial charge in [0.1, 0.15) is 5.75 Å². The van der Waals surface area contributed by atoms with Gasteiger partial charge in [0.15, 0.2) is 5.76 Å². The van der Waals surface area contributed by atoms with Crippen molar-refractivity contribution in [3.05, 3.63) is 58.5 Å². The van der Waals surface area contributed by atoms with Crippen LogP contribution in [-0.4, -0.2) is 81.4 Å². The molecule has 11 heteroatoms. The number of likely N-dealkylation sites (tertiary alicyclic amines) is 1. The third-order valence-electron chi connectivity index (χ3n) is 7.01. The minimum atomic E-state index is -3.86. The maximum atomic E-state index is 13.4. The van der Waals surface area contributed by atoms with Crippen molar-refractivity contribution >= 4 is 27.3 Å². The first-order chi connectivity index (χ1) is 18.9. The number of hydrogen-bond acceptors (Lipinski definition) is 8. The molecule has 2 aromatic rings. The summed E-state index contributed by atoms with van der Waals surface area (Å²) in [6.07, 6.45) is 7.14. The summed E-state index contributed by atoms with van der Waals surface area (Å²) in [5, 5.41) is 11.5. The lowest BCUT2D eigenvalue weighted by molar-refractivity contribution is -0.153. The molecule has 39 heavy (non-hydrogen) atoms. The average Bonchev–Trinajstić information content (AvgIpc) is 3.47. The van der Waals surface area contributed by atoms with Crippen molar-refractivity contribution in [2.24, 2.45) is 0 Å². The van der Waals surface area contributed by atoms with E-state index in [9.17, 15) is 18.3 Å². The van der Waals surface area contributed by atoms with E-state index in [1.807, 2.05) is 28.5 Å². The van der Waals surface area contributed by atoms with Crippen LogP contribution in [-0.2, 0) is 24.3 Å². The van der Waals surface area contributed by atoms with E-state index in [1.54, 1.807) is 23.5 Å². The van der Waals surface area contributed by atoms with Gasteiger partial charge in [0.25, 0.3) is 5.91 Å². The zero-order chi connectivity index (χ0) is 27.7. The molecule has 1 saturated heterocycles. The number of aliphatic hydroxyl groups excluding tert-OH is 1. The Morgan fingerprint density at radius 2 is 1.82 bits per heavy atom. The highest BCUT2D eigenvalue weighted by Crippen LogP contribution is 2.34. The van der Waals surface area contributed by atoms with Crippen molar-refractivity contribution in [2.75, 3.05) is 46.5 Å². The van der Waals surface area contributed by atoms with E-state index >= 15 is 0 Å². The molecule has 1 amide bonds. The van der Waals surface area contributed by atoms with Gasteiger partial charge in [-0.2, -0.15) is 4.31 Å². The van der Waals surface area contributed by atoms with Crippen LogP contribution in [0.15, 0.2) is 58.5 Å². The molecule has 1 aromatic heterocycles. The maximum Gasteiger partial charge on any atom is 0.288 e. The summed E-state index contributed by atoms with van der Waals surface area (Å²) in [4.78, 5) is 16.5. The lowest BCUT2D eigenvalue weighted by Crippen LogP contribution is -2.39. The van der Waals surface area contributed by atoms with Crippen LogP contribution in [0, 0.1) is 0 Å². The second-order valence-corrected chi connectivity index (χ2v) is 12.6. The molecule has 1 fully saturated rings. The van der Waals surface area contributed by atoms with Crippen molar-refractivity contribution in [2.45, 2.75) is 55.6 Å². The minimum absolute atomic E-state index is 0.0254. The van der Waals surface area contributed by atoms with E-state index in [4.69, 9.17) is 14.2 Å². The summed E-state index contributed by atoms with van der Waals surface area (Å²) < 4.78 is 44.8. The van der Waals surface area contributed by atoms with Gasteiger partial charge in [0.2, 0.25) is 16.3 Å². The molecule has 0 saturated carbocycles. The SMILES string of the molecule is COc1ccc(S(=O)(=O)N(CCO)CCO[C@H]2C[C@@H](c3cccs3)C=C(C(=O)N3CCCCCCC3)O2)cc1. The topological polar surface area (TPSA) is 106 Å². The van der Waals surface area contributed by atoms with Gasteiger partial charge in [0, 0.05) is 43.4 Å². The molecule has 4 rings (SSSR count). The van der Waals surface area contributed by atoms with Gasteiger partial charge < -0.3 is 24.2 Å². The number of benzene rings is 1. The maximum absolute atomic E-state index is 13.4. The fourth-order valence-corrected chi connectivity index (χ4v) is 7.09. The molecule has 0 spiro atoms. The number of aliphatic hydroxyl groups is 1. The van der Waals surface area contributed by atoms with Gasteiger partial charge in [0.05, 0.1) is 25.2 Å². The minimum Gasteiger partial charge on any atom is -0.497 e. The van der Waals surface area contributed by atoms with Crippen molar-refractivity contribution in [1.82, 2.24) is 9.21 Å². The van der Waals surface area contributed by atoms with Crippen LogP contribution in [0.3, 0.4) is 0 Å². The second kappa shape index (κ2) is 14.3. The molecule has 0 unspecified atom stereocenters. The number of ether oxygens (including phenoxy) is 3. The number of thiophene rings is 1. The molecule has 214 valence electrons. The molecule has 2 aliphatic heterocycles. The van der Waals surface area contributed by atoms with Crippen LogP contribution in [0.5, 0.6) is 5.75 Å². The number of carbonyl (C=O) groups is 1. The van der Waals surface area contributed by atoms with Crippen molar-refractivity contribution < 1.29 is 32.5 Å². The highest BCUT2D eigenvalue weighted by Gasteiger charge is 2.32. The van der Waals surface area contributed by atoms with E-state index in [1.165, 1.54) is 30.0 Å². The summed E-state index contributed by atoms with van der Waals surface area (Å²) in [6, 6.07) is 10.1. The van der Waals surface area contributed by atoms with Crippen LogP contribution >= 0.6 is 11.3 Å². The molecule has 2 atom stereocenters. The number of amides is 1. The predicted octanol–water partition coefficient (Wildman–Crippen LogP) is 3.96. The molecule has 1 aromatic carbocycles. The Morgan fingerprint density at radius 1 is 1.10 bits per heavy atom. The van der Waals surface area contributed by atoms with Crippen LogP contribution in [0.2, 0.25) is 0 Å². The molecular weight excluding hydrogens is 540 g/mol. The molecule has 0 aliphatic carbocycles. The van der Waals surface area contributed by atoms with Gasteiger partial charge >= 0.3 is 0 Å². The Kier molecular flexibility index (Phi) is 10.8. The highest BCUT2D eigenvalue weighted by atomic mass is 32.2. The van der Waals surface area contributed by atoms with Gasteiger partial charge in [-0.1, -0.05) is 25.3 Å². The van der Waals surface area contributed by atoms with Gasteiger partial charge in [-0.25, -0.2) is 8.42 Å². The molecule has 2 aliphatic rings. The van der Waals surface area contributed by atoms with Crippen LogP contribution in [0.1, 0.15) is 49.3 Å². The summed E-state index contributed by atoms with van der Waals surface area (Å²) in [6.45, 7) is 1.11. The highest BCUT2D eigenvalue weighted by molar-refractivity contribution is 7.89. The smallest absolute Gasteiger partial charge is 0.288 e. The number of rotatable bonds is 11. The van der Waals surface area contributed by atoms with Crippen LogP contribution in [0.4, 0.5) is 0 Å². The van der Waals surface area contributed by atoms with E-state index in [-0.39, 0.29) is 43.0 Å². The number of sulfonamides is 1. The quantitative estimate of drug-likeness (QED) is 0.430. The molecule has 3 heterocycles. The fourth-order valence-electron chi connectivity index (χ4n) is 4.86. The lowest BCUT2D eigenvalue weighted by atomic mass is 9.99. The number of methoxy groups -OCH3 is 1. The normalized spacial score (nSPS) is 20.6. The Labute approximate surface area is 235 Å². The summed E-state index contributed by atoms with van der Waals surface area (Å²) in [5.74, 6) is 0.697. The molecule has 0 bridgehead atoms. The van der Waals surface area contributed by atoms with Crippen LogP contribution < -0.4 is 4.74 Å². The van der Waals surface area contributed by atoms with Crippen molar-refractivity contribution in [1.29, 1.82) is 0 Å². The zero-order valence-corrected chi connectivity index (χ0v) is 24.0. The largest absolute Gasteiger partial charge is 0.497 e.